The molecule has 148 valence electrons. The summed E-state index contributed by atoms with van der Waals surface area (Å²) in [6.45, 7) is 2.57. The van der Waals surface area contributed by atoms with Gasteiger partial charge in [0.25, 0.3) is 0 Å². The van der Waals surface area contributed by atoms with Crippen LogP contribution in [-0.2, 0) is 9.59 Å². The first-order valence-electron chi connectivity index (χ1n) is 8.93. The summed E-state index contributed by atoms with van der Waals surface area (Å²) in [6.07, 6.45) is 2.31. The molecule has 1 aliphatic rings. The van der Waals surface area contributed by atoms with Gasteiger partial charge in [-0.2, -0.15) is 0 Å². The Morgan fingerprint density at radius 1 is 1.00 bits per heavy atom. The highest BCUT2D eigenvalue weighted by atomic mass is 19.2. The van der Waals surface area contributed by atoms with E-state index in [0.29, 0.717) is 11.8 Å². The summed E-state index contributed by atoms with van der Waals surface area (Å²) >= 11 is 0. The monoisotopic (exact) mass is 391 g/mol. The summed E-state index contributed by atoms with van der Waals surface area (Å²) < 4.78 is 40.6. The molecule has 0 spiro atoms. The standard InChI is InChI=1S/C20H20F3N3O2/c1-13(27)26(17-9-8-16(21)19(22)20(17)23)12-18(28)24-14-4-6-15(7-5-14)25-10-2-3-11-25/h4-9H,2-3,10-12H2,1H3,(H,24,28). The van der Waals surface area contributed by atoms with E-state index in [4.69, 9.17) is 0 Å². The number of nitrogens with zero attached hydrogens (tertiary/aromatic N) is 2. The number of halogens is 3. The minimum atomic E-state index is -1.69. The third-order valence-corrected chi connectivity index (χ3v) is 4.61. The van der Waals surface area contributed by atoms with E-state index in [1.165, 1.54) is 0 Å². The predicted molar refractivity (Wildman–Crippen MR) is 101 cm³/mol. The van der Waals surface area contributed by atoms with Crippen LogP contribution in [-0.4, -0.2) is 31.4 Å². The van der Waals surface area contributed by atoms with Crippen LogP contribution in [0, 0.1) is 17.5 Å². The van der Waals surface area contributed by atoms with Gasteiger partial charge in [-0.25, -0.2) is 13.2 Å². The molecule has 0 unspecified atom stereocenters. The molecule has 0 radical (unpaired) electrons. The van der Waals surface area contributed by atoms with Gasteiger partial charge in [0.05, 0.1) is 5.69 Å². The van der Waals surface area contributed by atoms with Gasteiger partial charge in [-0.3, -0.25) is 9.59 Å². The lowest BCUT2D eigenvalue weighted by Crippen LogP contribution is -2.37. The van der Waals surface area contributed by atoms with Crippen LogP contribution in [0.25, 0.3) is 0 Å². The highest BCUT2D eigenvalue weighted by Crippen LogP contribution is 2.25. The van der Waals surface area contributed by atoms with Crippen LogP contribution in [0.4, 0.5) is 30.2 Å². The fourth-order valence-electron chi connectivity index (χ4n) is 3.17. The average molecular weight is 391 g/mol. The molecule has 2 amide bonds. The van der Waals surface area contributed by atoms with Crippen LogP contribution < -0.4 is 15.1 Å². The molecule has 2 aromatic rings. The van der Waals surface area contributed by atoms with E-state index in [1.807, 2.05) is 12.1 Å². The van der Waals surface area contributed by atoms with Gasteiger partial charge in [-0.15, -0.1) is 0 Å². The van der Waals surface area contributed by atoms with E-state index in [1.54, 1.807) is 12.1 Å². The van der Waals surface area contributed by atoms with Gasteiger partial charge >= 0.3 is 0 Å². The fourth-order valence-corrected chi connectivity index (χ4v) is 3.17. The highest BCUT2D eigenvalue weighted by molar-refractivity contribution is 6.01. The van der Waals surface area contributed by atoms with Crippen molar-refractivity contribution in [2.45, 2.75) is 19.8 Å². The van der Waals surface area contributed by atoms with Gasteiger partial charge in [0.2, 0.25) is 11.8 Å². The second kappa shape index (κ2) is 8.33. The number of amides is 2. The molecule has 1 saturated heterocycles. The Morgan fingerprint density at radius 2 is 1.64 bits per heavy atom. The molecule has 28 heavy (non-hydrogen) atoms. The zero-order valence-electron chi connectivity index (χ0n) is 15.3. The Bertz CT molecular complexity index is 881. The molecule has 0 atom stereocenters. The van der Waals surface area contributed by atoms with Crippen molar-refractivity contribution in [3.8, 4) is 0 Å². The van der Waals surface area contributed by atoms with E-state index >= 15 is 0 Å². The largest absolute Gasteiger partial charge is 0.372 e. The third kappa shape index (κ3) is 4.27. The molecule has 0 aliphatic carbocycles. The zero-order chi connectivity index (χ0) is 20.3. The first-order chi connectivity index (χ1) is 13.4. The van der Waals surface area contributed by atoms with Crippen molar-refractivity contribution >= 4 is 28.9 Å². The number of rotatable bonds is 5. The molecular weight excluding hydrogens is 371 g/mol. The van der Waals surface area contributed by atoms with E-state index in [0.717, 1.165) is 49.5 Å². The van der Waals surface area contributed by atoms with Gasteiger partial charge in [0.15, 0.2) is 17.5 Å². The van der Waals surface area contributed by atoms with Crippen LogP contribution in [0.2, 0.25) is 0 Å². The Labute approximate surface area is 160 Å². The van der Waals surface area contributed by atoms with Gasteiger partial charge in [0.1, 0.15) is 6.54 Å². The van der Waals surface area contributed by atoms with E-state index in [9.17, 15) is 22.8 Å². The highest BCUT2D eigenvalue weighted by Gasteiger charge is 2.23. The van der Waals surface area contributed by atoms with Crippen molar-refractivity contribution in [3.05, 3.63) is 53.8 Å². The van der Waals surface area contributed by atoms with Crippen molar-refractivity contribution < 1.29 is 22.8 Å². The van der Waals surface area contributed by atoms with Gasteiger partial charge in [-0.05, 0) is 49.2 Å². The van der Waals surface area contributed by atoms with E-state index < -0.39 is 41.5 Å². The van der Waals surface area contributed by atoms with Crippen LogP contribution in [0.15, 0.2) is 36.4 Å². The Morgan fingerprint density at radius 3 is 2.25 bits per heavy atom. The van der Waals surface area contributed by atoms with Gasteiger partial charge in [0, 0.05) is 31.4 Å². The molecule has 1 heterocycles. The molecule has 0 aromatic heterocycles. The van der Waals surface area contributed by atoms with E-state index in [2.05, 4.69) is 10.2 Å². The Balaban J connectivity index is 1.69. The quantitative estimate of drug-likeness (QED) is 0.791. The molecule has 3 rings (SSSR count). The summed E-state index contributed by atoms with van der Waals surface area (Å²) in [4.78, 5) is 27.1. The van der Waals surface area contributed by atoms with E-state index in [-0.39, 0.29) is 0 Å². The zero-order valence-corrected chi connectivity index (χ0v) is 15.3. The predicted octanol–water partition coefficient (Wildman–Crippen LogP) is 3.70. The molecule has 2 aromatic carbocycles. The normalized spacial score (nSPS) is 13.5. The SMILES string of the molecule is CC(=O)N(CC(=O)Nc1ccc(N2CCCC2)cc1)c1ccc(F)c(F)c1F. The summed E-state index contributed by atoms with van der Waals surface area (Å²) in [5.74, 6) is -5.84. The number of anilines is 3. The fraction of sp³-hybridized carbons (Fsp3) is 0.300. The van der Waals surface area contributed by atoms with Crippen molar-refractivity contribution in [3.63, 3.8) is 0 Å². The summed E-state index contributed by atoms with van der Waals surface area (Å²) in [5.41, 5.74) is 1.08. The molecule has 5 nitrogen and oxygen atoms in total. The summed E-state index contributed by atoms with van der Waals surface area (Å²) in [6, 6.07) is 8.88. The van der Waals surface area contributed by atoms with Crippen molar-refractivity contribution in [2.24, 2.45) is 0 Å². The minimum Gasteiger partial charge on any atom is -0.372 e. The minimum absolute atomic E-state index is 0.495. The lowest BCUT2D eigenvalue weighted by molar-refractivity contribution is -0.120. The topological polar surface area (TPSA) is 52.7 Å². The maximum Gasteiger partial charge on any atom is 0.244 e. The second-order valence-electron chi connectivity index (χ2n) is 6.59. The van der Waals surface area contributed by atoms with Crippen molar-refractivity contribution in [1.29, 1.82) is 0 Å². The number of carbonyl (C=O) groups is 2. The van der Waals surface area contributed by atoms with Crippen LogP contribution in [0.1, 0.15) is 19.8 Å². The summed E-state index contributed by atoms with van der Waals surface area (Å²) in [7, 11) is 0. The van der Waals surface area contributed by atoms with Gasteiger partial charge in [-0.1, -0.05) is 0 Å². The van der Waals surface area contributed by atoms with Crippen LogP contribution in [0.3, 0.4) is 0 Å². The van der Waals surface area contributed by atoms with Crippen LogP contribution >= 0.6 is 0 Å². The molecule has 0 saturated carbocycles. The lowest BCUT2D eigenvalue weighted by atomic mass is 10.2. The summed E-state index contributed by atoms with van der Waals surface area (Å²) in [5, 5.41) is 2.62. The average Bonchev–Trinajstić information content (AvgIpc) is 3.20. The van der Waals surface area contributed by atoms with Crippen molar-refractivity contribution in [1.82, 2.24) is 0 Å². The second-order valence-corrected chi connectivity index (χ2v) is 6.59. The Kier molecular flexibility index (Phi) is 5.87. The van der Waals surface area contributed by atoms with Crippen molar-refractivity contribution in [2.75, 3.05) is 34.8 Å². The lowest BCUT2D eigenvalue weighted by Gasteiger charge is -2.22. The number of nitrogens with one attached hydrogen (secondary N) is 1. The molecule has 1 aliphatic heterocycles. The third-order valence-electron chi connectivity index (χ3n) is 4.61. The first kappa shape index (κ1) is 19.7. The number of hydrogen-bond donors (Lipinski definition) is 1. The maximum atomic E-state index is 14.0. The molecule has 1 N–H and O–H groups in total. The smallest absolute Gasteiger partial charge is 0.244 e. The number of hydrogen-bond acceptors (Lipinski definition) is 3. The number of carbonyl (C=O) groups excluding carboxylic acids is 2. The first-order valence-corrected chi connectivity index (χ1v) is 8.93. The molecular formula is C20H20F3N3O2. The van der Waals surface area contributed by atoms with Crippen LogP contribution in [0.5, 0.6) is 0 Å². The molecule has 0 bridgehead atoms. The number of benzene rings is 2. The molecule has 1 fully saturated rings. The van der Waals surface area contributed by atoms with Gasteiger partial charge < -0.3 is 15.1 Å². The Hall–Kier alpha value is -3.03. The maximum absolute atomic E-state index is 14.0. The molecule has 8 heteroatoms.